The average molecular weight is 385 g/mol. The molecule has 0 saturated heterocycles. The monoisotopic (exact) mass is 385 g/mol. The third kappa shape index (κ3) is 6.01. The number of nitrogens with one attached hydrogen (secondary N) is 1. The summed E-state index contributed by atoms with van der Waals surface area (Å²) in [5, 5.41) is 12.0. The lowest BCUT2D eigenvalue weighted by atomic mass is 9.95. The van der Waals surface area contributed by atoms with E-state index in [-0.39, 0.29) is 18.7 Å². The van der Waals surface area contributed by atoms with Gasteiger partial charge in [-0.15, -0.1) is 0 Å². The van der Waals surface area contributed by atoms with E-state index < -0.39 is 17.7 Å². The Morgan fingerprint density at radius 3 is 2.46 bits per heavy atom. The molecule has 2 N–H and O–H groups in total. The average Bonchev–Trinajstić information content (AvgIpc) is 2.59. The Balaban J connectivity index is 2.12. The van der Waals surface area contributed by atoms with Crippen LogP contribution >= 0.6 is 0 Å². The van der Waals surface area contributed by atoms with Crippen molar-refractivity contribution >= 4 is 12.1 Å². The minimum Gasteiger partial charge on any atom is -0.492 e. The lowest BCUT2D eigenvalue weighted by Crippen LogP contribution is -2.34. The Bertz CT molecular complexity index is 868. The van der Waals surface area contributed by atoms with Gasteiger partial charge in [-0.05, 0) is 75.1 Å². The Morgan fingerprint density at radius 1 is 1.11 bits per heavy atom. The summed E-state index contributed by atoms with van der Waals surface area (Å²) in [6.45, 7) is 9.81. The highest BCUT2D eigenvalue weighted by atomic mass is 16.6. The quantitative estimate of drug-likeness (QED) is 0.712. The molecule has 0 heterocycles. The number of carboxylic acid groups (broad SMARTS) is 1. The lowest BCUT2D eigenvalue weighted by molar-refractivity contribution is 0.0520. The zero-order chi connectivity index (χ0) is 20.9. The third-order valence-corrected chi connectivity index (χ3v) is 4.11. The van der Waals surface area contributed by atoms with Crippen molar-refractivity contribution in [2.24, 2.45) is 0 Å². The molecule has 0 aliphatic heterocycles. The van der Waals surface area contributed by atoms with Crippen LogP contribution in [0.15, 0.2) is 36.4 Å². The first-order chi connectivity index (χ1) is 13.1. The van der Waals surface area contributed by atoms with Gasteiger partial charge in [-0.1, -0.05) is 18.2 Å². The van der Waals surface area contributed by atoms with Gasteiger partial charge in [0.05, 0.1) is 12.1 Å². The molecular weight excluding hydrogens is 358 g/mol. The minimum atomic E-state index is -1.02. The van der Waals surface area contributed by atoms with E-state index in [0.29, 0.717) is 5.75 Å². The molecule has 0 fully saturated rings. The van der Waals surface area contributed by atoms with Crippen LogP contribution in [0.3, 0.4) is 0 Å². The van der Waals surface area contributed by atoms with Crippen LogP contribution in [0.5, 0.6) is 5.75 Å². The van der Waals surface area contributed by atoms with Crippen molar-refractivity contribution in [3.05, 3.63) is 53.1 Å². The van der Waals surface area contributed by atoms with Crippen molar-refractivity contribution in [1.82, 2.24) is 5.32 Å². The molecular formula is C22H27NO5. The van der Waals surface area contributed by atoms with Crippen LogP contribution in [0.25, 0.3) is 11.1 Å². The van der Waals surface area contributed by atoms with Gasteiger partial charge in [0, 0.05) is 0 Å². The Hall–Kier alpha value is -3.02. The zero-order valence-corrected chi connectivity index (χ0v) is 17.0. The number of amides is 1. The largest absolute Gasteiger partial charge is 0.492 e. The second-order valence-corrected chi connectivity index (χ2v) is 7.58. The van der Waals surface area contributed by atoms with Crippen molar-refractivity contribution in [1.29, 1.82) is 0 Å². The number of carbonyl (C=O) groups is 2. The number of rotatable bonds is 6. The van der Waals surface area contributed by atoms with E-state index in [1.54, 1.807) is 26.8 Å². The first kappa shape index (κ1) is 21.3. The summed E-state index contributed by atoms with van der Waals surface area (Å²) in [6, 6.07) is 10.8. The maximum absolute atomic E-state index is 11.7. The van der Waals surface area contributed by atoms with Crippen LogP contribution in [0.4, 0.5) is 4.79 Å². The summed E-state index contributed by atoms with van der Waals surface area (Å²) in [5.74, 6) is -0.592. The van der Waals surface area contributed by atoms with E-state index in [9.17, 15) is 14.7 Å². The molecule has 0 aliphatic rings. The van der Waals surface area contributed by atoms with Gasteiger partial charge in [0.1, 0.15) is 18.0 Å². The topological polar surface area (TPSA) is 84.9 Å². The summed E-state index contributed by atoms with van der Waals surface area (Å²) in [5.41, 5.74) is 3.52. The molecule has 0 spiro atoms. The number of alkyl carbamates (subject to hydrolysis) is 1. The molecule has 28 heavy (non-hydrogen) atoms. The Morgan fingerprint density at radius 2 is 1.82 bits per heavy atom. The number of ether oxygens (including phenoxy) is 2. The molecule has 6 heteroatoms. The summed E-state index contributed by atoms with van der Waals surface area (Å²) < 4.78 is 10.8. The number of aryl methyl sites for hydroxylation is 1. The second-order valence-electron chi connectivity index (χ2n) is 7.58. The molecule has 150 valence electrons. The normalized spacial score (nSPS) is 11.0. The molecule has 0 unspecified atom stereocenters. The predicted octanol–water partition coefficient (Wildman–Crippen LogP) is 4.57. The van der Waals surface area contributed by atoms with Gasteiger partial charge in [0.15, 0.2) is 0 Å². The standard InChI is InChI=1S/C22H27NO5/c1-14-7-6-8-19(15(14)2)16-11-17(20(24)25)13-18(12-16)27-10-9-23-21(26)28-22(3,4)5/h6-8,11-13H,9-10H2,1-5H3,(H,23,26)(H,24,25). The molecule has 0 saturated carbocycles. The predicted molar refractivity (Wildman–Crippen MR) is 108 cm³/mol. The van der Waals surface area contributed by atoms with Gasteiger partial charge in [0.2, 0.25) is 0 Å². The van der Waals surface area contributed by atoms with E-state index in [1.807, 2.05) is 38.1 Å². The van der Waals surface area contributed by atoms with Crippen molar-refractivity contribution in [2.75, 3.05) is 13.2 Å². The fraction of sp³-hybridized carbons (Fsp3) is 0.364. The van der Waals surface area contributed by atoms with Crippen molar-refractivity contribution < 1.29 is 24.2 Å². The van der Waals surface area contributed by atoms with E-state index in [1.165, 1.54) is 6.07 Å². The molecule has 6 nitrogen and oxygen atoms in total. The number of carbonyl (C=O) groups excluding carboxylic acids is 1. The molecule has 0 bridgehead atoms. The summed E-state index contributed by atoms with van der Waals surface area (Å²) in [4.78, 5) is 23.2. The maximum Gasteiger partial charge on any atom is 0.407 e. The summed E-state index contributed by atoms with van der Waals surface area (Å²) in [7, 11) is 0. The first-order valence-corrected chi connectivity index (χ1v) is 9.11. The van der Waals surface area contributed by atoms with Gasteiger partial charge in [0.25, 0.3) is 0 Å². The van der Waals surface area contributed by atoms with Crippen LogP contribution in [0, 0.1) is 13.8 Å². The highest BCUT2D eigenvalue weighted by Gasteiger charge is 2.16. The maximum atomic E-state index is 11.7. The number of hydrogen-bond donors (Lipinski definition) is 2. The smallest absolute Gasteiger partial charge is 0.407 e. The molecule has 0 aliphatic carbocycles. The van der Waals surface area contributed by atoms with Crippen molar-refractivity contribution in [3.63, 3.8) is 0 Å². The number of aromatic carboxylic acids is 1. The highest BCUT2D eigenvalue weighted by Crippen LogP contribution is 2.30. The van der Waals surface area contributed by atoms with Crippen LogP contribution in [0.2, 0.25) is 0 Å². The van der Waals surface area contributed by atoms with E-state index in [0.717, 1.165) is 22.3 Å². The second kappa shape index (κ2) is 8.78. The SMILES string of the molecule is Cc1cccc(-c2cc(OCCNC(=O)OC(C)(C)C)cc(C(=O)O)c2)c1C. The van der Waals surface area contributed by atoms with Crippen LogP contribution in [-0.2, 0) is 4.74 Å². The molecule has 0 radical (unpaired) electrons. The first-order valence-electron chi connectivity index (χ1n) is 9.11. The molecule has 2 rings (SSSR count). The summed E-state index contributed by atoms with van der Waals surface area (Å²) >= 11 is 0. The fourth-order valence-electron chi connectivity index (χ4n) is 2.66. The Kier molecular flexibility index (Phi) is 6.67. The van der Waals surface area contributed by atoms with Crippen LogP contribution < -0.4 is 10.1 Å². The minimum absolute atomic E-state index is 0.147. The molecule has 0 aromatic heterocycles. The van der Waals surface area contributed by atoms with Crippen LogP contribution in [0.1, 0.15) is 42.3 Å². The van der Waals surface area contributed by atoms with Crippen molar-refractivity contribution in [2.45, 2.75) is 40.2 Å². The molecule has 2 aromatic carbocycles. The van der Waals surface area contributed by atoms with Gasteiger partial charge in [-0.25, -0.2) is 9.59 Å². The lowest BCUT2D eigenvalue weighted by Gasteiger charge is -2.19. The molecule has 0 atom stereocenters. The number of carboxylic acids is 1. The van der Waals surface area contributed by atoms with E-state index >= 15 is 0 Å². The van der Waals surface area contributed by atoms with E-state index in [4.69, 9.17) is 9.47 Å². The molecule has 2 aromatic rings. The van der Waals surface area contributed by atoms with Crippen LogP contribution in [-0.4, -0.2) is 35.9 Å². The zero-order valence-electron chi connectivity index (χ0n) is 17.0. The third-order valence-electron chi connectivity index (χ3n) is 4.11. The summed E-state index contributed by atoms with van der Waals surface area (Å²) in [6.07, 6.45) is -0.522. The van der Waals surface area contributed by atoms with Gasteiger partial charge >= 0.3 is 12.1 Å². The van der Waals surface area contributed by atoms with E-state index in [2.05, 4.69) is 5.32 Å². The number of hydrogen-bond acceptors (Lipinski definition) is 4. The van der Waals surface area contributed by atoms with Gasteiger partial charge in [-0.3, -0.25) is 0 Å². The van der Waals surface area contributed by atoms with Crippen molar-refractivity contribution in [3.8, 4) is 16.9 Å². The van der Waals surface area contributed by atoms with Gasteiger partial charge < -0.3 is 19.9 Å². The van der Waals surface area contributed by atoms with Gasteiger partial charge in [-0.2, -0.15) is 0 Å². The highest BCUT2D eigenvalue weighted by molar-refractivity contribution is 5.90. The molecule has 1 amide bonds. The Labute approximate surface area is 165 Å². The number of benzene rings is 2. The fourth-order valence-corrected chi connectivity index (χ4v) is 2.66.